The molecule has 6 heteroatoms. The number of carbonyl (C=O) groups excluding carboxylic acids is 2. The number of ketones is 1. The molecule has 0 atom stereocenters. The lowest BCUT2D eigenvalue weighted by atomic mass is 10.1. The minimum absolute atomic E-state index is 0.191. The highest BCUT2D eigenvalue weighted by Crippen LogP contribution is 2.36. The van der Waals surface area contributed by atoms with Crippen molar-refractivity contribution in [3.8, 4) is 11.5 Å². The maximum atomic E-state index is 13.2. The zero-order valence-electron chi connectivity index (χ0n) is 17.9. The average Bonchev–Trinajstić information content (AvgIpc) is 3.16. The van der Waals surface area contributed by atoms with Gasteiger partial charge in [0.2, 0.25) is 5.78 Å². The van der Waals surface area contributed by atoms with Crippen LogP contribution in [0.3, 0.4) is 0 Å². The average molecular weight is 468 g/mol. The van der Waals surface area contributed by atoms with Gasteiger partial charge < -0.3 is 9.47 Å². The topological polar surface area (TPSA) is 55.8 Å². The third kappa shape index (κ3) is 4.42. The first-order valence-electron chi connectivity index (χ1n) is 10.5. The van der Waals surface area contributed by atoms with Crippen molar-refractivity contribution in [1.82, 2.24) is 0 Å². The summed E-state index contributed by atoms with van der Waals surface area (Å²) in [4.78, 5) is 27.4. The monoisotopic (exact) mass is 467 g/mol. The first kappa shape index (κ1) is 21.5. The van der Waals surface area contributed by atoms with Crippen molar-refractivity contribution >= 4 is 40.9 Å². The highest BCUT2D eigenvalue weighted by atomic mass is 35.5. The summed E-state index contributed by atoms with van der Waals surface area (Å²) in [7, 11) is 0. The van der Waals surface area contributed by atoms with Gasteiger partial charge in [-0.05, 0) is 60.2 Å². The molecule has 0 radical (unpaired) electrons. The quantitative estimate of drug-likeness (QED) is 0.295. The molecule has 1 amide bonds. The Kier molecular flexibility index (Phi) is 5.85. The van der Waals surface area contributed by atoms with Gasteiger partial charge >= 0.3 is 6.09 Å². The lowest BCUT2D eigenvalue weighted by molar-refractivity contribution is 0.101. The first-order chi connectivity index (χ1) is 16.6. The largest absolute Gasteiger partial charge is 0.452 e. The number of halogens is 1. The maximum Gasteiger partial charge on any atom is 0.424 e. The molecule has 34 heavy (non-hydrogen) atoms. The zero-order chi connectivity index (χ0) is 23.5. The second-order valence-corrected chi connectivity index (χ2v) is 7.96. The molecular formula is C28H18ClNO4. The fraction of sp³-hybridized carbons (Fsp3) is 0. The molecule has 166 valence electrons. The van der Waals surface area contributed by atoms with Gasteiger partial charge in [0.05, 0.1) is 16.9 Å². The molecule has 0 saturated heterocycles. The molecule has 0 spiro atoms. The molecule has 1 heterocycles. The number of Topliss-reactive ketones (excluding diaryl/α,β-unsaturated/α-hetero) is 1. The predicted molar refractivity (Wildman–Crippen MR) is 132 cm³/mol. The second-order valence-electron chi connectivity index (χ2n) is 7.52. The third-order valence-corrected chi connectivity index (χ3v) is 5.48. The van der Waals surface area contributed by atoms with Crippen molar-refractivity contribution in [2.24, 2.45) is 0 Å². The minimum Gasteiger partial charge on any atom is -0.452 e. The van der Waals surface area contributed by atoms with Gasteiger partial charge in [0.1, 0.15) is 11.5 Å². The number of ether oxygens (including phenoxy) is 2. The molecule has 0 N–H and O–H groups in total. The minimum atomic E-state index is -0.585. The van der Waals surface area contributed by atoms with Gasteiger partial charge in [0.15, 0.2) is 5.76 Å². The lowest BCUT2D eigenvalue weighted by Crippen LogP contribution is -2.29. The Morgan fingerprint density at radius 2 is 1.44 bits per heavy atom. The van der Waals surface area contributed by atoms with Gasteiger partial charge in [-0.2, -0.15) is 0 Å². The lowest BCUT2D eigenvalue weighted by Gasteiger charge is -2.22. The molecule has 0 fully saturated rings. The summed E-state index contributed by atoms with van der Waals surface area (Å²) in [5.41, 5.74) is 2.52. The van der Waals surface area contributed by atoms with Crippen LogP contribution in [0.5, 0.6) is 11.5 Å². The number of anilines is 2. The number of para-hydroxylation sites is 2. The van der Waals surface area contributed by atoms with Crippen molar-refractivity contribution in [3.63, 3.8) is 0 Å². The number of amides is 1. The molecule has 4 aromatic rings. The Bertz CT molecular complexity index is 1340. The molecule has 0 saturated carbocycles. The van der Waals surface area contributed by atoms with Crippen LogP contribution in [0.25, 0.3) is 6.08 Å². The fourth-order valence-electron chi connectivity index (χ4n) is 3.60. The van der Waals surface area contributed by atoms with Crippen molar-refractivity contribution in [3.05, 3.63) is 125 Å². The molecule has 0 bridgehead atoms. The zero-order valence-corrected chi connectivity index (χ0v) is 18.6. The molecule has 5 rings (SSSR count). The summed E-state index contributed by atoms with van der Waals surface area (Å²) in [5, 5.41) is 0.607. The number of carbonyl (C=O) groups is 2. The van der Waals surface area contributed by atoms with E-state index in [2.05, 4.69) is 0 Å². The SMILES string of the molecule is O=C1/C(=C/c2ccc(Cl)cc2)Oc2cc(OC(=O)N(c3ccccc3)c3ccccc3)ccc21. The number of benzene rings is 4. The molecule has 5 nitrogen and oxygen atoms in total. The van der Waals surface area contributed by atoms with Crippen LogP contribution in [0.1, 0.15) is 15.9 Å². The fourth-order valence-corrected chi connectivity index (χ4v) is 3.73. The highest BCUT2D eigenvalue weighted by molar-refractivity contribution is 6.30. The Balaban J connectivity index is 1.40. The molecular weight excluding hydrogens is 450 g/mol. The standard InChI is InChI=1S/C28H18ClNO4/c29-20-13-11-19(12-14-20)17-26-27(31)24-16-15-23(18-25(24)34-26)33-28(32)30(21-7-3-1-4-8-21)22-9-5-2-6-10-22/h1-18H/b26-17-. The van der Waals surface area contributed by atoms with Crippen molar-refractivity contribution in [2.75, 3.05) is 4.90 Å². The van der Waals surface area contributed by atoms with Crippen LogP contribution >= 0.6 is 11.6 Å². The maximum absolute atomic E-state index is 13.2. The third-order valence-electron chi connectivity index (χ3n) is 5.23. The van der Waals surface area contributed by atoms with Gasteiger partial charge in [-0.1, -0.05) is 60.1 Å². The summed E-state index contributed by atoms with van der Waals surface area (Å²) in [6, 6.07) is 30.2. The summed E-state index contributed by atoms with van der Waals surface area (Å²) in [6.07, 6.45) is 1.07. The van der Waals surface area contributed by atoms with E-state index in [1.165, 1.54) is 4.90 Å². The molecule has 1 aliphatic heterocycles. The number of nitrogens with zero attached hydrogens (tertiary/aromatic N) is 1. The van der Waals surface area contributed by atoms with Gasteiger partial charge in [-0.3, -0.25) is 4.79 Å². The van der Waals surface area contributed by atoms with E-state index in [0.717, 1.165) is 5.56 Å². The van der Waals surface area contributed by atoms with Gasteiger partial charge in [-0.15, -0.1) is 0 Å². The van der Waals surface area contributed by atoms with Crippen LogP contribution < -0.4 is 14.4 Å². The Morgan fingerprint density at radius 1 is 0.824 bits per heavy atom. The molecule has 0 aliphatic carbocycles. The van der Waals surface area contributed by atoms with E-state index < -0.39 is 6.09 Å². The molecule has 4 aromatic carbocycles. The number of hydrogen-bond acceptors (Lipinski definition) is 4. The van der Waals surface area contributed by atoms with Crippen LogP contribution in [0.4, 0.5) is 16.2 Å². The van der Waals surface area contributed by atoms with E-state index in [0.29, 0.717) is 27.7 Å². The Labute approximate surface area is 201 Å². The van der Waals surface area contributed by atoms with Crippen molar-refractivity contribution in [2.45, 2.75) is 0 Å². The summed E-state index contributed by atoms with van der Waals surface area (Å²) < 4.78 is 11.5. The normalized spacial score (nSPS) is 13.3. The van der Waals surface area contributed by atoms with Gasteiger partial charge in [-0.25, -0.2) is 9.69 Å². The van der Waals surface area contributed by atoms with Crippen LogP contribution in [-0.4, -0.2) is 11.9 Å². The Hall–Kier alpha value is -4.35. The van der Waals surface area contributed by atoms with Crippen LogP contribution in [-0.2, 0) is 0 Å². The molecule has 0 aromatic heterocycles. The Morgan fingerprint density at radius 3 is 2.06 bits per heavy atom. The van der Waals surface area contributed by atoms with Crippen LogP contribution in [0.15, 0.2) is 109 Å². The van der Waals surface area contributed by atoms with Gasteiger partial charge in [0, 0.05) is 11.1 Å². The van der Waals surface area contributed by atoms with Crippen molar-refractivity contribution in [1.29, 1.82) is 0 Å². The van der Waals surface area contributed by atoms with Crippen molar-refractivity contribution < 1.29 is 19.1 Å². The summed E-state index contributed by atoms with van der Waals surface area (Å²) >= 11 is 5.93. The van der Waals surface area contributed by atoms with E-state index >= 15 is 0 Å². The number of allylic oxidation sites excluding steroid dienone is 1. The predicted octanol–water partition coefficient (Wildman–Crippen LogP) is 7.29. The number of hydrogen-bond donors (Lipinski definition) is 0. The number of fused-ring (bicyclic) bond motifs is 1. The van der Waals surface area contributed by atoms with Crippen LogP contribution in [0.2, 0.25) is 5.02 Å². The number of rotatable bonds is 4. The molecule has 1 aliphatic rings. The second kappa shape index (κ2) is 9.25. The smallest absolute Gasteiger partial charge is 0.424 e. The summed E-state index contributed by atoms with van der Waals surface area (Å²) in [5.74, 6) is 0.552. The van der Waals surface area contributed by atoms with E-state index in [-0.39, 0.29) is 17.3 Å². The molecule has 0 unspecified atom stereocenters. The van der Waals surface area contributed by atoms with Crippen LogP contribution in [0, 0.1) is 0 Å². The first-order valence-corrected chi connectivity index (χ1v) is 10.9. The van der Waals surface area contributed by atoms with E-state index in [1.54, 1.807) is 48.5 Å². The summed E-state index contributed by atoms with van der Waals surface area (Å²) in [6.45, 7) is 0. The highest BCUT2D eigenvalue weighted by Gasteiger charge is 2.28. The van der Waals surface area contributed by atoms with E-state index in [4.69, 9.17) is 21.1 Å². The van der Waals surface area contributed by atoms with E-state index in [1.807, 2.05) is 60.7 Å². The van der Waals surface area contributed by atoms with Gasteiger partial charge in [0.25, 0.3) is 0 Å². The van der Waals surface area contributed by atoms with E-state index in [9.17, 15) is 9.59 Å².